The molecule has 2 nitrogen and oxygen atoms in total. The van der Waals surface area contributed by atoms with Crippen LogP contribution in [0.1, 0.15) is 18.4 Å². The topological polar surface area (TPSA) is 29.1 Å². The summed E-state index contributed by atoms with van der Waals surface area (Å²) in [5.74, 6) is 1.81. The molecule has 0 radical (unpaired) electrons. The number of amides is 1. The molecule has 1 saturated carbocycles. The minimum atomic E-state index is 0.195. The fourth-order valence-corrected chi connectivity index (χ4v) is 2.29. The summed E-state index contributed by atoms with van der Waals surface area (Å²) < 4.78 is 0. The number of carbonyl (C=O) groups excluding carboxylic acids is 1. The second-order valence-electron chi connectivity index (χ2n) is 4.13. The molecule has 0 unspecified atom stereocenters. The van der Waals surface area contributed by atoms with Crippen LogP contribution in [0.5, 0.6) is 0 Å². The lowest BCUT2D eigenvalue weighted by atomic mass is 10.2. The average molecular weight is 235 g/mol. The first-order valence-electron chi connectivity index (χ1n) is 5.75. The second-order valence-corrected chi connectivity index (χ2v) is 5.24. The molecule has 0 spiro atoms. The third-order valence-corrected chi connectivity index (χ3v) is 3.51. The van der Waals surface area contributed by atoms with Crippen LogP contribution >= 0.6 is 11.8 Å². The van der Waals surface area contributed by atoms with Gasteiger partial charge in [-0.2, -0.15) is 11.8 Å². The first-order chi connectivity index (χ1) is 7.84. The number of rotatable bonds is 6. The zero-order chi connectivity index (χ0) is 11.2. The van der Waals surface area contributed by atoms with E-state index < -0.39 is 0 Å². The molecule has 0 heterocycles. The maximum atomic E-state index is 11.4. The fourth-order valence-electron chi connectivity index (χ4n) is 1.50. The van der Waals surface area contributed by atoms with Gasteiger partial charge in [0.15, 0.2) is 0 Å². The lowest BCUT2D eigenvalue weighted by Gasteiger charge is -2.03. The highest BCUT2D eigenvalue weighted by atomic mass is 32.2. The summed E-state index contributed by atoms with van der Waals surface area (Å²) in [6, 6.07) is 10.9. The van der Waals surface area contributed by atoms with Crippen LogP contribution in [0.3, 0.4) is 0 Å². The van der Waals surface area contributed by atoms with Crippen molar-refractivity contribution in [2.45, 2.75) is 25.3 Å². The van der Waals surface area contributed by atoms with E-state index in [-0.39, 0.29) is 5.91 Å². The zero-order valence-corrected chi connectivity index (χ0v) is 10.1. The second kappa shape index (κ2) is 5.94. The van der Waals surface area contributed by atoms with Crippen LogP contribution in [0, 0.1) is 0 Å². The Labute approximate surface area is 101 Å². The summed E-state index contributed by atoms with van der Waals surface area (Å²) in [7, 11) is 0. The first kappa shape index (κ1) is 11.5. The van der Waals surface area contributed by atoms with Crippen LogP contribution < -0.4 is 5.32 Å². The molecule has 2 rings (SSSR count). The molecule has 1 aromatic rings. The SMILES string of the molecule is O=C(CSCCc1ccccc1)NC1CC1. The third-order valence-electron chi connectivity index (χ3n) is 2.55. The van der Waals surface area contributed by atoms with Gasteiger partial charge in [0, 0.05) is 6.04 Å². The van der Waals surface area contributed by atoms with Gasteiger partial charge in [-0.25, -0.2) is 0 Å². The van der Waals surface area contributed by atoms with Gasteiger partial charge < -0.3 is 5.32 Å². The van der Waals surface area contributed by atoms with Crippen LogP contribution in [0.25, 0.3) is 0 Å². The lowest BCUT2D eigenvalue weighted by molar-refractivity contribution is -0.118. The molecule has 0 aromatic heterocycles. The van der Waals surface area contributed by atoms with E-state index >= 15 is 0 Å². The van der Waals surface area contributed by atoms with Gasteiger partial charge in [-0.3, -0.25) is 4.79 Å². The molecule has 1 amide bonds. The van der Waals surface area contributed by atoms with Crippen molar-refractivity contribution in [2.24, 2.45) is 0 Å². The molecule has 1 aliphatic rings. The molecule has 0 bridgehead atoms. The Morgan fingerprint density at radius 2 is 2.06 bits per heavy atom. The lowest BCUT2D eigenvalue weighted by Crippen LogP contribution is -2.27. The van der Waals surface area contributed by atoms with E-state index in [1.54, 1.807) is 11.8 Å². The Morgan fingerprint density at radius 1 is 1.31 bits per heavy atom. The van der Waals surface area contributed by atoms with Crippen LogP contribution in [0.4, 0.5) is 0 Å². The van der Waals surface area contributed by atoms with Crippen molar-refractivity contribution < 1.29 is 4.79 Å². The smallest absolute Gasteiger partial charge is 0.230 e. The number of hydrogen-bond donors (Lipinski definition) is 1. The maximum Gasteiger partial charge on any atom is 0.230 e. The summed E-state index contributed by atoms with van der Waals surface area (Å²) in [5.41, 5.74) is 1.35. The van der Waals surface area contributed by atoms with Crippen molar-refractivity contribution in [1.82, 2.24) is 5.32 Å². The van der Waals surface area contributed by atoms with Gasteiger partial charge in [0.05, 0.1) is 5.75 Å². The summed E-state index contributed by atoms with van der Waals surface area (Å²) >= 11 is 1.71. The molecule has 1 aliphatic carbocycles. The number of hydrogen-bond acceptors (Lipinski definition) is 2. The van der Waals surface area contributed by atoms with Gasteiger partial charge in [0.2, 0.25) is 5.91 Å². The van der Waals surface area contributed by atoms with Gasteiger partial charge in [0.1, 0.15) is 0 Å². The number of thioether (sulfide) groups is 1. The summed E-state index contributed by atoms with van der Waals surface area (Å²) in [6.07, 6.45) is 3.38. The molecule has 3 heteroatoms. The van der Waals surface area contributed by atoms with Crippen molar-refractivity contribution in [1.29, 1.82) is 0 Å². The van der Waals surface area contributed by atoms with E-state index in [1.807, 2.05) is 6.07 Å². The van der Waals surface area contributed by atoms with Crippen molar-refractivity contribution in [3.05, 3.63) is 35.9 Å². The van der Waals surface area contributed by atoms with E-state index in [0.29, 0.717) is 11.8 Å². The van der Waals surface area contributed by atoms with Crippen LogP contribution in [0.15, 0.2) is 30.3 Å². The normalized spacial score (nSPS) is 14.8. The summed E-state index contributed by atoms with van der Waals surface area (Å²) in [4.78, 5) is 11.4. The zero-order valence-electron chi connectivity index (χ0n) is 9.32. The minimum Gasteiger partial charge on any atom is -0.353 e. The molecule has 0 aliphatic heterocycles. The van der Waals surface area contributed by atoms with E-state index in [4.69, 9.17) is 0 Å². The molecular formula is C13H17NOS. The summed E-state index contributed by atoms with van der Waals surface area (Å²) in [6.45, 7) is 0. The standard InChI is InChI=1S/C13H17NOS/c15-13(14-12-6-7-12)10-16-9-8-11-4-2-1-3-5-11/h1-5,12H,6-10H2,(H,14,15). The Morgan fingerprint density at radius 3 is 2.75 bits per heavy atom. The number of carbonyl (C=O) groups is 1. The van der Waals surface area contributed by atoms with Gasteiger partial charge in [-0.05, 0) is 30.6 Å². The predicted molar refractivity (Wildman–Crippen MR) is 68.6 cm³/mol. The Balaban J connectivity index is 1.56. The summed E-state index contributed by atoms with van der Waals surface area (Å²) in [5, 5.41) is 2.99. The fraction of sp³-hybridized carbons (Fsp3) is 0.462. The van der Waals surface area contributed by atoms with Crippen molar-refractivity contribution in [3.63, 3.8) is 0 Å². The van der Waals surface area contributed by atoms with Crippen LogP contribution in [-0.2, 0) is 11.2 Å². The largest absolute Gasteiger partial charge is 0.353 e. The highest BCUT2D eigenvalue weighted by Crippen LogP contribution is 2.18. The molecule has 16 heavy (non-hydrogen) atoms. The Hall–Kier alpha value is -0.960. The highest BCUT2D eigenvalue weighted by Gasteiger charge is 2.22. The van der Waals surface area contributed by atoms with Gasteiger partial charge >= 0.3 is 0 Å². The molecule has 1 aromatic carbocycles. The van der Waals surface area contributed by atoms with E-state index in [1.165, 1.54) is 18.4 Å². The van der Waals surface area contributed by atoms with Crippen LogP contribution in [0.2, 0.25) is 0 Å². The van der Waals surface area contributed by atoms with E-state index in [0.717, 1.165) is 12.2 Å². The van der Waals surface area contributed by atoms with Gasteiger partial charge in [-0.15, -0.1) is 0 Å². The Bertz CT molecular complexity index is 335. The highest BCUT2D eigenvalue weighted by molar-refractivity contribution is 7.99. The van der Waals surface area contributed by atoms with Gasteiger partial charge in [0.25, 0.3) is 0 Å². The molecule has 1 fully saturated rings. The van der Waals surface area contributed by atoms with Crippen molar-refractivity contribution in [2.75, 3.05) is 11.5 Å². The molecule has 0 saturated heterocycles. The number of nitrogens with one attached hydrogen (secondary N) is 1. The van der Waals surface area contributed by atoms with Crippen molar-refractivity contribution in [3.8, 4) is 0 Å². The minimum absolute atomic E-state index is 0.195. The number of aryl methyl sites for hydroxylation is 1. The third kappa shape index (κ3) is 4.27. The number of benzene rings is 1. The maximum absolute atomic E-state index is 11.4. The molecule has 1 N–H and O–H groups in total. The van der Waals surface area contributed by atoms with Crippen LogP contribution in [-0.4, -0.2) is 23.5 Å². The molecule has 86 valence electrons. The first-order valence-corrected chi connectivity index (χ1v) is 6.91. The monoisotopic (exact) mass is 235 g/mol. The van der Waals surface area contributed by atoms with Gasteiger partial charge in [-0.1, -0.05) is 30.3 Å². The molecular weight excluding hydrogens is 218 g/mol. The average Bonchev–Trinajstić information content (AvgIpc) is 3.10. The van der Waals surface area contributed by atoms with E-state index in [2.05, 4.69) is 29.6 Å². The van der Waals surface area contributed by atoms with Crippen molar-refractivity contribution >= 4 is 17.7 Å². The quantitative estimate of drug-likeness (QED) is 0.766. The molecule has 0 atom stereocenters. The van der Waals surface area contributed by atoms with E-state index in [9.17, 15) is 4.79 Å². The Kier molecular flexibility index (Phi) is 4.28. The predicted octanol–water partition coefficient (Wildman–Crippen LogP) is 2.24.